The summed E-state index contributed by atoms with van der Waals surface area (Å²) in [7, 11) is 0. The third kappa shape index (κ3) is 4.92. The number of amides is 1. The summed E-state index contributed by atoms with van der Waals surface area (Å²) in [6.07, 6.45) is 1.24. The molecule has 0 radical (unpaired) electrons. The number of hydrazone groups is 1. The standard InChI is InChI=1S/C15H11Br2FN2O2/c16-11-5-6-14(12(17)7-11)22-9-15(21)20-19-8-10-3-1-2-4-13(10)18/h1-8H,9H2,(H,20,21)/b19-8+. The van der Waals surface area contributed by atoms with E-state index in [2.05, 4.69) is 42.4 Å². The minimum atomic E-state index is -0.442. The maximum Gasteiger partial charge on any atom is 0.277 e. The molecule has 114 valence electrons. The molecule has 0 aromatic heterocycles. The van der Waals surface area contributed by atoms with E-state index in [1.807, 2.05) is 6.07 Å². The van der Waals surface area contributed by atoms with Crippen molar-refractivity contribution in [3.63, 3.8) is 0 Å². The zero-order valence-electron chi connectivity index (χ0n) is 11.2. The lowest BCUT2D eigenvalue weighted by molar-refractivity contribution is -0.123. The first-order valence-electron chi connectivity index (χ1n) is 6.20. The van der Waals surface area contributed by atoms with Crippen molar-refractivity contribution in [1.29, 1.82) is 0 Å². The van der Waals surface area contributed by atoms with E-state index >= 15 is 0 Å². The minimum absolute atomic E-state index is 0.200. The number of hydrogen-bond acceptors (Lipinski definition) is 3. The van der Waals surface area contributed by atoms with Gasteiger partial charge in [-0.05, 0) is 40.2 Å². The third-order valence-electron chi connectivity index (χ3n) is 2.55. The second-order valence-corrected chi connectivity index (χ2v) is 5.95. The molecular weight excluding hydrogens is 419 g/mol. The number of halogens is 3. The zero-order chi connectivity index (χ0) is 15.9. The van der Waals surface area contributed by atoms with Crippen LogP contribution in [-0.2, 0) is 4.79 Å². The van der Waals surface area contributed by atoms with Gasteiger partial charge in [0.1, 0.15) is 11.6 Å². The van der Waals surface area contributed by atoms with Gasteiger partial charge in [-0.1, -0.05) is 34.1 Å². The SMILES string of the molecule is O=C(COc1ccc(Br)cc1Br)N/N=C/c1ccccc1F. The van der Waals surface area contributed by atoms with Gasteiger partial charge in [0.15, 0.2) is 6.61 Å². The number of carbonyl (C=O) groups excluding carboxylic acids is 1. The average molecular weight is 430 g/mol. The summed E-state index contributed by atoms with van der Waals surface area (Å²) in [6.45, 7) is -0.200. The van der Waals surface area contributed by atoms with Crippen LogP contribution in [0.1, 0.15) is 5.56 Å². The molecule has 0 saturated heterocycles. The molecule has 7 heteroatoms. The summed E-state index contributed by atoms with van der Waals surface area (Å²) in [4.78, 5) is 11.6. The van der Waals surface area contributed by atoms with Gasteiger partial charge in [0.05, 0.1) is 10.7 Å². The highest BCUT2D eigenvalue weighted by atomic mass is 79.9. The highest BCUT2D eigenvalue weighted by Crippen LogP contribution is 2.27. The minimum Gasteiger partial charge on any atom is -0.483 e. The van der Waals surface area contributed by atoms with Crippen molar-refractivity contribution in [3.05, 3.63) is 62.8 Å². The summed E-state index contributed by atoms with van der Waals surface area (Å²) in [5.74, 6) is -0.311. The predicted octanol–water partition coefficient (Wildman–Crippen LogP) is 3.88. The number of rotatable bonds is 5. The Hall–Kier alpha value is -1.73. The highest BCUT2D eigenvalue weighted by molar-refractivity contribution is 9.11. The van der Waals surface area contributed by atoms with Gasteiger partial charge in [0, 0.05) is 10.0 Å². The molecule has 2 aromatic rings. The molecule has 0 aliphatic carbocycles. The van der Waals surface area contributed by atoms with Crippen molar-refractivity contribution >= 4 is 44.0 Å². The Morgan fingerprint density at radius 3 is 2.77 bits per heavy atom. The number of nitrogens with zero attached hydrogens (tertiary/aromatic N) is 1. The normalized spacial score (nSPS) is 10.7. The molecule has 0 saturated carbocycles. The van der Waals surface area contributed by atoms with Crippen molar-refractivity contribution in [2.75, 3.05) is 6.61 Å². The van der Waals surface area contributed by atoms with Gasteiger partial charge in [-0.25, -0.2) is 9.82 Å². The van der Waals surface area contributed by atoms with Gasteiger partial charge in [-0.2, -0.15) is 5.10 Å². The molecule has 0 aliphatic heterocycles. The van der Waals surface area contributed by atoms with Crippen LogP contribution in [0.4, 0.5) is 4.39 Å². The van der Waals surface area contributed by atoms with Crippen molar-refractivity contribution in [2.24, 2.45) is 5.10 Å². The number of ether oxygens (including phenoxy) is 1. The number of nitrogens with one attached hydrogen (secondary N) is 1. The molecular formula is C15H11Br2FN2O2. The van der Waals surface area contributed by atoms with Crippen LogP contribution in [0.3, 0.4) is 0 Å². The fraction of sp³-hybridized carbons (Fsp3) is 0.0667. The van der Waals surface area contributed by atoms with E-state index in [1.165, 1.54) is 12.3 Å². The lowest BCUT2D eigenvalue weighted by Gasteiger charge is -2.07. The molecule has 2 rings (SSSR count). The number of hydrogen-bond donors (Lipinski definition) is 1. The zero-order valence-corrected chi connectivity index (χ0v) is 14.4. The third-order valence-corrected chi connectivity index (χ3v) is 3.66. The molecule has 2 aromatic carbocycles. The van der Waals surface area contributed by atoms with Crippen molar-refractivity contribution in [2.45, 2.75) is 0 Å². The van der Waals surface area contributed by atoms with Gasteiger partial charge >= 0.3 is 0 Å². The van der Waals surface area contributed by atoms with E-state index in [9.17, 15) is 9.18 Å². The molecule has 0 unspecified atom stereocenters. The first-order chi connectivity index (χ1) is 10.6. The summed E-state index contributed by atoms with van der Waals surface area (Å²) in [5.41, 5.74) is 2.56. The molecule has 0 spiro atoms. The Labute approximate surface area is 143 Å². The fourth-order valence-corrected chi connectivity index (χ4v) is 2.68. The van der Waals surface area contributed by atoms with E-state index in [0.717, 1.165) is 8.95 Å². The maximum absolute atomic E-state index is 13.3. The van der Waals surface area contributed by atoms with Crippen LogP contribution in [0.2, 0.25) is 0 Å². The Morgan fingerprint density at radius 1 is 1.27 bits per heavy atom. The highest BCUT2D eigenvalue weighted by Gasteiger charge is 2.05. The average Bonchev–Trinajstić information content (AvgIpc) is 2.48. The predicted molar refractivity (Wildman–Crippen MR) is 89.5 cm³/mol. The van der Waals surface area contributed by atoms with E-state index < -0.39 is 11.7 Å². The first kappa shape index (κ1) is 16.6. The molecule has 22 heavy (non-hydrogen) atoms. The van der Waals surface area contributed by atoms with Crippen LogP contribution >= 0.6 is 31.9 Å². The van der Waals surface area contributed by atoms with Crippen molar-refractivity contribution < 1.29 is 13.9 Å². The molecule has 0 bridgehead atoms. The molecule has 0 heterocycles. The number of carbonyl (C=O) groups is 1. The molecule has 1 N–H and O–H groups in total. The van der Waals surface area contributed by atoms with E-state index in [0.29, 0.717) is 11.3 Å². The Balaban J connectivity index is 1.84. The van der Waals surface area contributed by atoms with E-state index in [-0.39, 0.29) is 6.61 Å². The topological polar surface area (TPSA) is 50.7 Å². The number of benzene rings is 2. The van der Waals surface area contributed by atoms with Crippen LogP contribution in [0.5, 0.6) is 5.75 Å². The first-order valence-corrected chi connectivity index (χ1v) is 7.79. The summed E-state index contributed by atoms with van der Waals surface area (Å²) in [6, 6.07) is 11.5. The van der Waals surface area contributed by atoms with Crippen LogP contribution in [0, 0.1) is 5.82 Å². The summed E-state index contributed by atoms with van der Waals surface area (Å²) >= 11 is 6.65. The largest absolute Gasteiger partial charge is 0.483 e. The molecule has 0 fully saturated rings. The molecule has 4 nitrogen and oxygen atoms in total. The second kappa shape index (κ2) is 8.05. The Morgan fingerprint density at radius 2 is 2.05 bits per heavy atom. The van der Waals surface area contributed by atoms with Crippen LogP contribution < -0.4 is 10.2 Å². The quantitative estimate of drug-likeness (QED) is 0.579. The Bertz CT molecular complexity index is 708. The van der Waals surface area contributed by atoms with Gasteiger partial charge < -0.3 is 4.74 Å². The lowest BCUT2D eigenvalue weighted by Crippen LogP contribution is -2.24. The van der Waals surface area contributed by atoms with Crippen LogP contribution in [0.25, 0.3) is 0 Å². The Kier molecular flexibility index (Phi) is 6.09. The fourth-order valence-electron chi connectivity index (χ4n) is 1.52. The van der Waals surface area contributed by atoms with Crippen LogP contribution in [0.15, 0.2) is 56.5 Å². The van der Waals surface area contributed by atoms with Gasteiger partial charge in [-0.15, -0.1) is 0 Å². The molecule has 0 atom stereocenters. The lowest BCUT2D eigenvalue weighted by atomic mass is 10.2. The molecule has 1 amide bonds. The summed E-state index contributed by atoms with van der Waals surface area (Å²) < 4.78 is 20.3. The van der Waals surface area contributed by atoms with E-state index in [1.54, 1.807) is 30.3 Å². The van der Waals surface area contributed by atoms with Crippen LogP contribution in [-0.4, -0.2) is 18.7 Å². The van der Waals surface area contributed by atoms with E-state index in [4.69, 9.17) is 4.74 Å². The monoisotopic (exact) mass is 428 g/mol. The van der Waals surface area contributed by atoms with Crippen molar-refractivity contribution in [3.8, 4) is 5.75 Å². The smallest absolute Gasteiger partial charge is 0.277 e. The van der Waals surface area contributed by atoms with Gasteiger partial charge in [-0.3, -0.25) is 4.79 Å². The second-order valence-electron chi connectivity index (χ2n) is 4.18. The van der Waals surface area contributed by atoms with Gasteiger partial charge in [0.25, 0.3) is 5.91 Å². The van der Waals surface area contributed by atoms with Crippen molar-refractivity contribution in [1.82, 2.24) is 5.43 Å². The summed E-state index contributed by atoms with van der Waals surface area (Å²) in [5, 5.41) is 3.69. The maximum atomic E-state index is 13.3. The van der Waals surface area contributed by atoms with Gasteiger partial charge in [0.2, 0.25) is 0 Å². The molecule has 0 aliphatic rings.